The van der Waals surface area contributed by atoms with Gasteiger partial charge in [0.05, 0.1) is 13.0 Å². The van der Waals surface area contributed by atoms with E-state index in [1.54, 1.807) is 24.3 Å². The summed E-state index contributed by atoms with van der Waals surface area (Å²) in [6, 6.07) is 6.65. The Bertz CT molecular complexity index is 467. The molecule has 0 saturated carbocycles. The predicted octanol–water partition coefficient (Wildman–Crippen LogP) is 2.01. The summed E-state index contributed by atoms with van der Waals surface area (Å²) in [4.78, 5) is 34.4. The smallest absolute Gasteiger partial charge is 0.375 e. The molecular weight excluding hydrogens is 288 g/mol. The van der Waals surface area contributed by atoms with Crippen LogP contribution in [0.25, 0.3) is 0 Å². The number of methoxy groups -OCH3 is 1. The number of carbonyl (C=O) groups is 3. The van der Waals surface area contributed by atoms with Gasteiger partial charge in [-0.3, -0.25) is 9.59 Å². The molecule has 0 bridgehead atoms. The summed E-state index contributed by atoms with van der Waals surface area (Å²) in [5.41, 5.74) is 0.379. The number of hydrogen-bond donors (Lipinski definition) is 0. The standard InChI is InChI=1S/C12H11BrO4/c1-7(11(15)12(16)17-2)10(14)8-4-3-5-9(13)6-8/h3-7H,1-2H3. The van der Waals surface area contributed by atoms with Crippen LogP contribution in [0.1, 0.15) is 17.3 Å². The molecule has 0 aliphatic rings. The molecule has 0 amide bonds. The lowest BCUT2D eigenvalue weighted by Crippen LogP contribution is -2.28. The van der Waals surface area contributed by atoms with Crippen molar-refractivity contribution >= 4 is 33.5 Å². The van der Waals surface area contributed by atoms with Crippen LogP contribution in [0.5, 0.6) is 0 Å². The highest BCUT2D eigenvalue weighted by Crippen LogP contribution is 2.16. The molecule has 1 rings (SSSR count). The first-order valence-corrected chi connectivity index (χ1v) is 5.68. The number of esters is 1. The average molecular weight is 299 g/mol. The van der Waals surface area contributed by atoms with Crippen molar-refractivity contribution in [1.82, 2.24) is 0 Å². The van der Waals surface area contributed by atoms with E-state index in [0.29, 0.717) is 5.56 Å². The Kier molecular flexibility index (Phi) is 4.57. The van der Waals surface area contributed by atoms with Crippen molar-refractivity contribution in [2.24, 2.45) is 5.92 Å². The molecule has 0 fully saturated rings. The molecule has 1 aromatic rings. The molecule has 1 unspecified atom stereocenters. The molecule has 0 spiro atoms. The molecular formula is C12H11BrO4. The van der Waals surface area contributed by atoms with Gasteiger partial charge in [-0.05, 0) is 19.1 Å². The van der Waals surface area contributed by atoms with Crippen molar-refractivity contribution in [2.75, 3.05) is 7.11 Å². The first-order chi connectivity index (χ1) is 7.97. The van der Waals surface area contributed by atoms with E-state index in [0.717, 1.165) is 11.6 Å². The van der Waals surface area contributed by atoms with Gasteiger partial charge in [0.25, 0.3) is 5.78 Å². The molecule has 4 nitrogen and oxygen atoms in total. The van der Waals surface area contributed by atoms with Gasteiger partial charge in [-0.2, -0.15) is 0 Å². The highest BCUT2D eigenvalue weighted by atomic mass is 79.9. The van der Waals surface area contributed by atoms with E-state index in [1.165, 1.54) is 6.92 Å². The van der Waals surface area contributed by atoms with Crippen molar-refractivity contribution in [1.29, 1.82) is 0 Å². The van der Waals surface area contributed by atoms with E-state index in [-0.39, 0.29) is 0 Å². The lowest BCUT2D eigenvalue weighted by Gasteiger charge is -2.08. The lowest BCUT2D eigenvalue weighted by molar-refractivity contribution is -0.152. The van der Waals surface area contributed by atoms with Crippen LogP contribution in [0.4, 0.5) is 0 Å². The van der Waals surface area contributed by atoms with Gasteiger partial charge in [0.2, 0.25) is 0 Å². The fraction of sp³-hybridized carbons (Fsp3) is 0.250. The minimum atomic E-state index is -1.03. The summed E-state index contributed by atoms with van der Waals surface area (Å²) < 4.78 is 5.03. The number of hydrogen-bond acceptors (Lipinski definition) is 4. The Labute approximate surface area is 107 Å². The molecule has 0 saturated heterocycles. The fourth-order valence-corrected chi connectivity index (χ4v) is 1.69. The third-order valence-corrected chi connectivity index (χ3v) is 2.78. The van der Waals surface area contributed by atoms with E-state index in [1.807, 2.05) is 0 Å². The molecule has 0 radical (unpaired) electrons. The van der Waals surface area contributed by atoms with Crippen molar-refractivity contribution in [2.45, 2.75) is 6.92 Å². The van der Waals surface area contributed by atoms with Gasteiger partial charge in [0.1, 0.15) is 0 Å². The zero-order valence-corrected chi connectivity index (χ0v) is 11.0. The summed E-state index contributed by atoms with van der Waals surface area (Å²) in [7, 11) is 1.11. The molecule has 0 aliphatic heterocycles. The van der Waals surface area contributed by atoms with Gasteiger partial charge < -0.3 is 4.74 Å². The van der Waals surface area contributed by atoms with E-state index >= 15 is 0 Å². The molecule has 17 heavy (non-hydrogen) atoms. The highest BCUT2D eigenvalue weighted by Gasteiger charge is 2.28. The number of halogens is 1. The number of ether oxygens (including phenoxy) is 1. The second-order valence-corrected chi connectivity index (χ2v) is 4.37. The van der Waals surface area contributed by atoms with Gasteiger partial charge >= 0.3 is 5.97 Å². The minimum absolute atomic E-state index is 0.379. The molecule has 1 aromatic carbocycles. The van der Waals surface area contributed by atoms with E-state index < -0.39 is 23.5 Å². The maximum absolute atomic E-state index is 11.9. The number of benzene rings is 1. The first-order valence-electron chi connectivity index (χ1n) is 4.89. The third kappa shape index (κ3) is 3.23. The van der Waals surface area contributed by atoms with Crippen LogP contribution in [-0.2, 0) is 14.3 Å². The highest BCUT2D eigenvalue weighted by molar-refractivity contribution is 9.10. The Morgan fingerprint density at radius 2 is 1.94 bits per heavy atom. The summed E-state index contributed by atoms with van der Waals surface area (Å²) >= 11 is 3.23. The Balaban J connectivity index is 2.91. The Morgan fingerprint density at radius 3 is 2.47 bits per heavy atom. The van der Waals surface area contributed by atoms with Gasteiger partial charge in [-0.25, -0.2) is 4.79 Å². The van der Waals surface area contributed by atoms with Crippen molar-refractivity contribution in [3.63, 3.8) is 0 Å². The molecule has 0 aromatic heterocycles. The molecule has 5 heteroatoms. The number of rotatable bonds is 4. The van der Waals surface area contributed by atoms with Crippen molar-refractivity contribution in [3.8, 4) is 0 Å². The SMILES string of the molecule is COC(=O)C(=O)C(C)C(=O)c1cccc(Br)c1. The van der Waals surface area contributed by atoms with Crippen LogP contribution in [0.2, 0.25) is 0 Å². The number of ketones is 2. The fourth-order valence-electron chi connectivity index (χ4n) is 1.29. The zero-order chi connectivity index (χ0) is 13.0. The topological polar surface area (TPSA) is 60.4 Å². The van der Waals surface area contributed by atoms with Crippen LogP contribution >= 0.6 is 15.9 Å². The maximum Gasteiger partial charge on any atom is 0.375 e. The van der Waals surface area contributed by atoms with Crippen molar-refractivity contribution in [3.05, 3.63) is 34.3 Å². The van der Waals surface area contributed by atoms with Crippen LogP contribution < -0.4 is 0 Å². The summed E-state index contributed by atoms with van der Waals surface area (Å²) in [6.45, 7) is 1.39. The van der Waals surface area contributed by atoms with Crippen LogP contribution in [0.15, 0.2) is 28.7 Å². The summed E-state index contributed by atoms with van der Waals surface area (Å²) in [5, 5.41) is 0. The molecule has 0 N–H and O–H groups in total. The monoisotopic (exact) mass is 298 g/mol. The molecule has 0 heterocycles. The zero-order valence-electron chi connectivity index (χ0n) is 9.40. The largest absolute Gasteiger partial charge is 0.463 e. The maximum atomic E-state index is 11.9. The quantitative estimate of drug-likeness (QED) is 0.369. The Hall–Kier alpha value is -1.49. The van der Waals surface area contributed by atoms with Gasteiger partial charge in [0.15, 0.2) is 5.78 Å². The predicted molar refractivity (Wildman–Crippen MR) is 64.7 cm³/mol. The Morgan fingerprint density at radius 1 is 1.29 bits per heavy atom. The third-order valence-electron chi connectivity index (χ3n) is 2.28. The van der Waals surface area contributed by atoms with E-state index in [4.69, 9.17) is 0 Å². The molecule has 1 atom stereocenters. The van der Waals surface area contributed by atoms with E-state index in [2.05, 4.69) is 20.7 Å². The van der Waals surface area contributed by atoms with E-state index in [9.17, 15) is 14.4 Å². The molecule has 90 valence electrons. The van der Waals surface area contributed by atoms with Gasteiger partial charge in [0, 0.05) is 10.0 Å². The minimum Gasteiger partial charge on any atom is -0.463 e. The van der Waals surface area contributed by atoms with Crippen molar-refractivity contribution < 1.29 is 19.1 Å². The average Bonchev–Trinajstić information content (AvgIpc) is 2.35. The molecule has 0 aliphatic carbocycles. The first kappa shape index (κ1) is 13.6. The summed E-state index contributed by atoms with van der Waals surface area (Å²) in [5.74, 6) is -3.27. The van der Waals surface area contributed by atoms with Crippen LogP contribution in [0.3, 0.4) is 0 Å². The second kappa shape index (κ2) is 5.72. The summed E-state index contributed by atoms with van der Waals surface area (Å²) in [6.07, 6.45) is 0. The lowest BCUT2D eigenvalue weighted by atomic mass is 9.95. The number of Topliss-reactive ketones (excluding diaryl/α,β-unsaturated/α-hetero) is 2. The second-order valence-electron chi connectivity index (χ2n) is 3.45. The van der Waals surface area contributed by atoms with Crippen LogP contribution in [0, 0.1) is 5.92 Å². The van der Waals surface area contributed by atoms with Gasteiger partial charge in [-0.15, -0.1) is 0 Å². The van der Waals surface area contributed by atoms with Crippen LogP contribution in [-0.4, -0.2) is 24.6 Å². The number of carbonyl (C=O) groups excluding carboxylic acids is 3. The normalized spacial score (nSPS) is 11.7. The van der Waals surface area contributed by atoms with Gasteiger partial charge in [-0.1, -0.05) is 28.1 Å².